The maximum atomic E-state index is 11.5. The number of rotatable bonds is 7. The lowest BCUT2D eigenvalue weighted by molar-refractivity contribution is -0.143. The number of amides is 3. The van der Waals surface area contributed by atoms with Crippen LogP contribution in [0.25, 0.3) is 6.08 Å². The van der Waals surface area contributed by atoms with Gasteiger partial charge in [0.05, 0.1) is 11.6 Å². The lowest BCUT2D eigenvalue weighted by atomic mass is 10.1. The predicted octanol–water partition coefficient (Wildman–Crippen LogP) is 1.99. The smallest absolute Gasteiger partial charge is 0.331 e. The maximum Gasteiger partial charge on any atom is 0.331 e. The van der Waals surface area contributed by atoms with Crippen molar-refractivity contribution in [3.8, 4) is 6.07 Å². The molecule has 0 bridgehead atoms. The summed E-state index contributed by atoms with van der Waals surface area (Å²) in [6.07, 6.45) is 3.47. The molecule has 1 rings (SSSR count). The lowest BCUT2D eigenvalue weighted by Gasteiger charge is -2.08. The van der Waals surface area contributed by atoms with Gasteiger partial charge < -0.3 is 10.1 Å². The monoisotopic (exact) mass is 343 g/mol. The van der Waals surface area contributed by atoms with Crippen LogP contribution in [-0.2, 0) is 14.3 Å². The van der Waals surface area contributed by atoms with Gasteiger partial charge in [0.2, 0.25) is 0 Å². The van der Waals surface area contributed by atoms with Crippen LogP contribution >= 0.6 is 0 Å². The zero-order valence-electron chi connectivity index (χ0n) is 14.2. The molecule has 132 valence electrons. The van der Waals surface area contributed by atoms with E-state index in [1.807, 2.05) is 19.9 Å². The van der Waals surface area contributed by atoms with Gasteiger partial charge in [-0.15, -0.1) is 0 Å². The first kappa shape index (κ1) is 19.9. The Kier molecular flexibility index (Phi) is 8.44. The average molecular weight is 343 g/mol. The van der Waals surface area contributed by atoms with Gasteiger partial charge in [0.15, 0.2) is 6.61 Å². The molecule has 1 aromatic carbocycles. The van der Waals surface area contributed by atoms with Crippen molar-refractivity contribution < 1.29 is 19.1 Å². The van der Waals surface area contributed by atoms with Gasteiger partial charge in [-0.25, -0.2) is 9.59 Å². The average Bonchev–Trinajstić information content (AvgIpc) is 2.58. The van der Waals surface area contributed by atoms with E-state index in [0.29, 0.717) is 23.6 Å². The summed E-state index contributed by atoms with van der Waals surface area (Å²) in [4.78, 5) is 34.5. The Morgan fingerprint density at radius 3 is 2.52 bits per heavy atom. The number of hydrogen-bond acceptors (Lipinski definition) is 5. The zero-order chi connectivity index (χ0) is 18.7. The second-order valence-corrected chi connectivity index (χ2v) is 5.66. The third-order valence-corrected chi connectivity index (χ3v) is 3.06. The Balaban J connectivity index is 2.30. The van der Waals surface area contributed by atoms with Crippen molar-refractivity contribution in [2.45, 2.75) is 20.3 Å². The Labute approximate surface area is 146 Å². The number of nitriles is 1. The minimum absolute atomic E-state index is 0.444. The second kappa shape index (κ2) is 10.6. The minimum Gasteiger partial charge on any atom is -0.452 e. The third-order valence-electron chi connectivity index (χ3n) is 3.06. The molecule has 0 aliphatic heterocycles. The van der Waals surface area contributed by atoms with Crippen LogP contribution in [0.2, 0.25) is 0 Å². The molecule has 2 N–H and O–H groups in total. The van der Waals surface area contributed by atoms with Gasteiger partial charge in [-0.1, -0.05) is 26.0 Å². The molecule has 3 amide bonds. The Morgan fingerprint density at radius 1 is 1.24 bits per heavy atom. The highest BCUT2D eigenvalue weighted by atomic mass is 16.5. The summed E-state index contributed by atoms with van der Waals surface area (Å²) < 4.78 is 4.74. The van der Waals surface area contributed by atoms with E-state index in [2.05, 4.69) is 10.6 Å². The zero-order valence-corrected chi connectivity index (χ0v) is 14.2. The Bertz CT molecular complexity index is 673. The third kappa shape index (κ3) is 8.91. The lowest BCUT2D eigenvalue weighted by Crippen LogP contribution is -2.41. The summed E-state index contributed by atoms with van der Waals surface area (Å²) in [6, 6.07) is 7.97. The molecular formula is C18H21N3O4. The summed E-state index contributed by atoms with van der Waals surface area (Å²) in [5.41, 5.74) is 1.23. The Hall–Kier alpha value is -3.14. The highest BCUT2D eigenvalue weighted by molar-refractivity contribution is 5.96. The molecule has 0 spiro atoms. The molecule has 0 saturated carbocycles. The van der Waals surface area contributed by atoms with Crippen molar-refractivity contribution in [1.29, 1.82) is 5.26 Å². The van der Waals surface area contributed by atoms with Crippen molar-refractivity contribution in [1.82, 2.24) is 10.6 Å². The number of imide groups is 1. The van der Waals surface area contributed by atoms with Crippen LogP contribution in [0, 0.1) is 17.2 Å². The fraction of sp³-hybridized carbons (Fsp3) is 0.333. The first-order valence-electron chi connectivity index (χ1n) is 7.83. The summed E-state index contributed by atoms with van der Waals surface area (Å²) in [5.74, 6) is -0.971. The first-order valence-corrected chi connectivity index (χ1v) is 7.83. The Morgan fingerprint density at radius 2 is 1.92 bits per heavy atom. The van der Waals surface area contributed by atoms with E-state index in [9.17, 15) is 14.4 Å². The highest BCUT2D eigenvalue weighted by Gasteiger charge is 2.09. The number of nitrogens with zero attached hydrogens (tertiary/aromatic N) is 1. The fourth-order valence-corrected chi connectivity index (χ4v) is 1.70. The van der Waals surface area contributed by atoms with E-state index in [4.69, 9.17) is 10.00 Å². The van der Waals surface area contributed by atoms with Gasteiger partial charge in [0, 0.05) is 12.6 Å². The van der Waals surface area contributed by atoms with E-state index in [1.165, 1.54) is 6.08 Å². The molecule has 0 saturated heterocycles. The minimum atomic E-state index is -0.709. The molecule has 0 fully saturated rings. The largest absolute Gasteiger partial charge is 0.452 e. The number of carbonyl (C=O) groups excluding carboxylic acids is 3. The van der Waals surface area contributed by atoms with Crippen LogP contribution in [0.1, 0.15) is 31.4 Å². The molecular weight excluding hydrogens is 322 g/mol. The van der Waals surface area contributed by atoms with Crippen molar-refractivity contribution in [2.75, 3.05) is 13.2 Å². The predicted molar refractivity (Wildman–Crippen MR) is 92.1 cm³/mol. The van der Waals surface area contributed by atoms with E-state index >= 15 is 0 Å². The standard InChI is InChI=1S/C18H21N3O4/c1-13(2)9-10-20-18(24)21-16(22)12-25-17(23)8-7-14-3-5-15(11-19)6-4-14/h3-8,13H,9-10,12H2,1-2H3,(H2,20,21,22,24)/b8-7+. The van der Waals surface area contributed by atoms with E-state index < -0.39 is 24.5 Å². The van der Waals surface area contributed by atoms with Crippen molar-refractivity contribution >= 4 is 24.0 Å². The van der Waals surface area contributed by atoms with Gasteiger partial charge >= 0.3 is 12.0 Å². The first-order chi connectivity index (χ1) is 11.9. The van der Waals surface area contributed by atoms with Crippen LogP contribution in [0.15, 0.2) is 30.3 Å². The molecule has 0 unspecified atom stereocenters. The number of hydrogen-bond donors (Lipinski definition) is 2. The van der Waals surface area contributed by atoms with Gasteiger partial charge in [0.1, 0.15) is 0 Å². The summed E-state index contributed by atoms with van der Waals surface area (Å²) >= 11 is 0. The second-order valence-electron chi connectivity index (χ2n) is 5.66. The normalized spacial score (nSPS) is 10.3. The molecule has 0 radical (unpaired) electrons. The molecule has 25 heavy (non-hydrogen) atoms. The fourth-order valence-electron chi connectivity index (χ4n) is 1.70. The van der Waals surface area contributed by atoms with Crippen molar-refractivity contribution in [2.24, 2.45) is 5.92 Å². The molecule has 0 heterocycles. The molecule has 0 atom stereocenters. The highest BCUT2D eigenvalue weighted by Crippen LogP contribution is 2.05. The van der Waals surface area contributed by atoms with Crippen LogP contribution in [-0.4, -0.2) is 31.1 Å². The molecule has 7 nitrogen and oxygen atoms in total. The van der Waals surface area contributed by atoms with Crippen molar-refractivity contribution in [3.63, 3.8) is 0 Å². The number of urea groups is 1. The van der Waals surface area contributed by atoms with Crippen LogP contribution in [0.3, 0.4) is 0 Å². The number of carbonyl (C=O) groups is 3. The van der Waals surface area contributed by atoms with Crippen LogP contribution in [0.4, 0.5) is 4.79 Å². The number of benzene rings is 1. The number of esters is 1. The molecule has 0 aromatic heterocycles. The van der Waals surface area contributed by atoms with Crippen LogP contribution < -0.4 is 10.6 Å². The van der Waals surface area contributed by atoms with E-state index in [-0.39, 0.29) is 0 Å². The van der Waals surface area contributed by atoms with E-state index in [0.717, 1.165) is 12.5 Å². The summed E-state index contributed by atoms with van der Waals surface area (Å²) in [7, 11) is 0. The topological polar surface area (TPSA) is 108 Å². The van der Waals surface area contributed by atoms with Gasteiger partial charge in [-0.2, -0.15) is 5.26 Å². The molecule has 0 aliphatic rings. The summed E-state index contributed by atoms with van der Waals surface area (Å²) in [5, 5.41) is 13.3. The molecule has 1 aromatic rings. The number of ether oxygens (including phenoxy) is 1. The van der Waals surface area contributed by atoms with Crippen LogP contribution in [0.5, 0.6) is 0 Å². The molecule has 7 heteroatoms. The SMILES string of the molecule is CC(C)CCNC(=O)NC(=O)COC(=O)/C=C/c1ccc(C#N)cc1. The van der Waals surface area contributed by atoms with Gasteiger partial charge in [-0.05, 0) is 36.1 Å². The quantitative estimate of drug-likeness (QED) is 0.581. The van der Waals surface area contributed by atoms with Gasteiger partial charge in [0.25, 0.3) is 5.91 Å². The van der Waals surface area contributed by atoms with E-state index in [1.54, 1.807) is 24.3 Å². The van der Waals surface area contributed by atoms with Crippen molar-refractivity contribution in [3.05, 3.63) is 41.5 Å². The van der Waals surface area contributed by atoms with Gasteiger partial charge in [-0.3, -0.25) is 10.1 Å². The molecule has 0 aliphatic carbocycles. The number of nitrogens with one attached hydrogen (secondary N) is 2. The maximum absolute atomic E-state index is 11.5. The summed E-state index contributed by atoms with van der Waals surface area (Å²) in [6.45, 7) is 3.96.